The highest BCUT2D eigenvalue weighted by Gasteiger charge is 2.51. The number of carbonyl (C=O) groups excluding carboxylic acids is 1. The predicted molar refractivity (Wildman–Crippen MR) is 257 cm³/mol. The van der Waals surface area contributed by atoms with Crippen LogP contribution < -0.4 is 19.8 Å². The third-order valence-corrected chi connectivity index (χ3v) is 18.1. The van der Waals surface area contributed by atoms with Crippen LogP contribution in [0.2, 0.25) is 30.7 Å². The molecule has 1 heterocycles. The van der Waals surface area contributed by atoms with Gasteiger partial charge in [0.2, 0.25) is 0 Å². The molecule has 0 saturated carbocycles. The molecule has 0 bridgehead atoms. The van der Waals surface area contributed by atoms with E-state index in [1.54, 1.807) is 19.2 Å². The fraction of sp³-hybridized carbons (Fsp3) is 0.442. The molecule has 0 aliphatic carbocycles. The maximum absolute atomic E-state index is 13.6. The molecule has 0 amide bonds. The standard InChI is InChI=1S/C52H68O9Si2/c1-38(61-63(51(2,3)4,43-25-17-13-18-26-43)44-27-19-14-20-28-44)40(34-39-22-15-12-16-23-39)30-31-45(53)49-46(59-52(5,6)60-49)29-21-24-41-35-42(56-8)36-47(58-37-55-7)48(41)50(54)57-32-33-62(9,10)11/h12-28,35-36,38,40,45-46,49,53H,29,32-34,37H2,1-11H3/b24-21+/t38-,40-,45?,46-,49+/m0/s1. The molecule has 5 rings (SSSR count). The third-order valence-electron chi connectivity index (χ3n) is 11.2. The number of hydrogen-bond donors (Lipinski definition) is 1. The Morgan fingerprint density at radius 3 is 2.05 bits per heavy atom. The number of ether oxygens (including phenoxy) is 6. The van der Waals surface area contributed by atoms with Crippen molar-refractivity contribution in [1.29, 1.82) is 0 Å². The van der Waals surface area contributed by atoms with Crippen molar-refractivity contribution in [2.75, 3.05) is 27.6 Å². The van der Waals surface area contributed by atoms with Crippen LogP contribution in [-0.4, -0.2) is 85.3 Å². The normalized spacial score (nSPS) is 18.0. The Morgan fingerprint density at radius 1 is 0.889 bits per heavy atom. The fourth-order valence-electron chi connectivity index (χ4n) is 8.01. The van der Waals surface area contributed by atoms with Gasteiger partial charge in [-0.05, 0) is 72.3 Å². The fourth-order valence-corrected chi connectivity index (χ4v) is 13.5. The van der Waals surface area contributed by atoms with E-state index < -0.39 is 46.5 Å². The monoisotopic (exact) mass is 892 g/mol. The zero-order chi connectivity index (χ0) is 45.8. The van der Waals surface area contributed by atoms with Crippen LogP contribution in [0.5, 0.6) is 11.5 Å². The minimum Gasteiger partial charge on any atom is -0.497 e. The SMILES string of the molecule is COCOc1cc(OC)cc(/C=C/C[C@@H]2OC(C)(C)O[C@@H]2C(O)C#C[C@@H](Cc2ccccc2)[C@H](C)O[Si](c2ccccc2)(c2ccccc2)C(C)(C)C)c1C(=O)OCC[Si](C)(C)C. The molecule has 1 fully saturated rings. The number of carbonyl (C=O) groups is 1. The molecule has 1 N–H and O–H groups in total. The van der Waals surface area contributed by atoms with Crippen molar-refractivity contribution in [2.45, 2.75) is 115 Å². The van der Waals surface area contributed by atoms with Crippen molar-refractivity contribution in [3.63, 3.8) is 0 Å². The quantitative estimate of drug-likeness (QED) is 0.0428. The Labute approximate surface area is 378 Å². The second kappa shape index (κ2) is 21.9. The van der Waals surface area contributed by atoms with Crippen molar-refractivity contribution >= 4 is 38.8 Å². The lowest BCUT2D eigenvalue weighted by molar-refractivity contribution is -0.151. The summed E-state index contributed by atoms with van der Waals surface area (Å²) in [6.45, 7) is 19.5. The first-order chi connectivity index (χ1) is 29.9. The lowest BCUT2D eigenvalue weighted by Crippen LogP contribution is -2.68. The van der Waals surface area contributed by atoms with E-state index in [2.05, 4.69) is 120 Å². The molecule has 1 unspecified atom stereocenters. The van der Waals surface area contributed by atoms with E-state index in [4.69, 9.17) is 32.8 Å². The van der Waals surface area contributed by atoms with Gasteiger partial charge in [0.15, 0.2) is 12.6 Å². The lowest BCUT2D eigenvalue weighted by atomic mass is 9.94. The van der Waals surface area contributed by atoms with Gasteiger partial charge in [-0.2, -0.15) is 0 Å². The number of methoxy groups -OCH3 is 2. The van der Waals surface area contributed by atoms with E-state index in [0.29, 0.717) is 30.8 Å². The summed E-state index contributed by atoms with van der Waals surface area (Å²) in [4.78, 5) is 13.6. The molecule has 338 valence electrons. The van der Waals surface area contributed by atoms with Crippen LogP contribution in [0.15, 0.2) is 109 Å². The maximum Gasteiger partial charge on any atom is 0.342 e. The highest BCUT2D eigenvalue weighted by atomic mass is 28.4. The van der Waals surface area contributed by atoms with Gasteiger partial charge >= 0.3 is 5.97 Å². The van der Waals surface area contributed by atoms with Gasteiger partial charge < -0.3 is 38.0 Å². The number of benzene rings is 4. The summed E-state index contributed by atoms with van der Waals surface area (Å²) >= 11 is 0. The number of aliphatic hydroxyl groups excluding tert-OH is 1. The van der Waals surface area contributed by atoms with Crippen molar-refractivity contribution in [3.05, 3.63) is 126 Å². The van der Waals surface area contributed by atoms with Crippen molar-refractivity contribution < 1.29 is 42.7 Å². The van der Waals surface area contributed by atoms with E-state index in [9.17, 15) is 9.90 Å². The van der Waals surface area contributed by atoms with E-state index in [1.807, 2.05) is 56.3 Å². The summed E-state index contributed by atoms with van der Waals surface area (Å²) in [6.07, 6.45) is 1.88. The smallest absolute Gasteiger partial charge is 0.342 e. The molecule has 1 aliphatic rings. The molecule has 5 atom stereocenters. The molecule has 4 aromatic carbocycles. The Kier molecular flexibility index (Phi) is 17.2. The van der Waals surface area contributed by atoms with Crippen molar-refractivity contribution in [3.8, 4) is 23.3 Å². The third kappa shape index (κ3) is 13.3. The van der Waals surface area contributed by atoms with Gasteiger partial charge in [0.25, 0.3) is 8.32 Å². The molecule has 1 saturated heterocycles. The van der Waals surface area contributed by atoms with Crippen LogP contribution in [0, 0.1) is 17.8 Å². The molecule has 0 radical (unpaired) electrons. The molecule has 11 heteroatoms. The topological polar surface area (TPSA) is 102 Å². The van der Waals surface area contributed by atoms with Crippen LogP contribution in [0.3, 0.4) is 0 Å². The first kappa shape index (κ1) is 49.5. The van der Waals surface area contributed by atoms with Gasteiger partial charge in [-0.25, -0.2) is 4.79 Å². The summed E-state index contributed by atoms with van der Waals surface area (Å²) in [5, 5.41) is 14.0. The lowest BCUT2D eigenvalue weighted by Gasteiger charge is -2.45. The summed E-state index contributed by atoms with van der Waals surface area (Å²) in [6, 6.07) is 35.7. The average molecular weight is 893 g/mol. The maximum atomic E-state index is 13.6. The van der Waals surface area contributed by atoms with Gasteiger partial charge in [-0.1, -0.05) is 155 Å². The molecule has 9 nitrogen and oxygen atoms in total. The Bertz CT molecular complexity index is 2110. The van der Waals surface area contributed by atoms with Crippen LogP contribution in [0.4, 0.5) is 0 Å². The first-order valence-electron chi connectivity index (χ1n) is 21.9. The van der Waals surface area contributed by atoms with E-state index in [-0.39, 0.29) is 35.2 Å². The minimum absolute atomic E-state index is 0.0645. The molecule has 0 aromatic heterocycles. The Hall–Kier alpha value is -4.52. The van der Waals surface area contributed by atoms with Crippen molar-refractivity contribution in [2.24, 2.45) is 5.92 Å². The Morgan fingerprint density at radius 2 is 1.49 bits per heavy atom. The van der Waals surface area contributed by atoms with Crippen LogP contribution >= 0.6 is 0 Å². The molecule has 63 heavy (non-hydrogen) atoms. The summed E-state index contributed by atoms with van der Waals surface area (Å²) in [7, 11) is -1.30. The van der Waals surface area contributed by atoms with Gasteiger partial charge in [-0.3, -0.25) is 0 Å². The summed E-state index contributed by atoms with van der Waals surface area (Å²) < 4.78 is 42.7. The second-order valence-corrected chi connectivity index (χ2v) is 28.8. The van der Waals surface area contributed by atoms with Gasteiger partial charge in [0.05, 0.1) is 25.9 Å². The molecule has 1 aliphatic heterocycles. The largest absolute Gasteiger partial charge is 0.497 e. The van der Waals surface area contributed by atoms with Crippen LogP contribution in [0.1, 0.15) is 69.4 Å². The van der Waals surface area contributed by atoms with E-state index in [0.717, 1.165) is 11.6 Å². The highest BCUT2D eigenvalue weighted by molar-refractivity contribution is 6.99. The molecular formula is C52H68O9Si2. The number of esters is 1. The molecule has 4 aromatic rings. The first-order valence-corrected chi connectivity index (χ1v) is 27.5. The zero-order valence-corrected chi connectivity index (χ0v) is 41.1. The number of hydrogen-bond acceptors (Lipinski definition) is 9. The summed E-state index contributed by atoms with van der Waals surface area (Å²) in [5.41, 5.74) is 1.94. The summed E-state index contributed by atoms with van der Waals surface area (Å²) in [5.74, 6) is 5.75. The predicted octanol–water partition coefficient (Wildman–Crippen LogP) is 9.28. The van der Waals surface area contributed by atoms with Crippen molar-refractivity contribution in [1.82, 2.24) is 0 Å². The van der Waals surface area contributed by atoms with E-state index >= 15 is 0 Å². The second-order valence-electron chi connectivity index (χ2n) is 18.9. The van der Waals surface area contributed by atoms with E-state index in [1.165, 1.54) is 17.5 Å². The molecule has 0 spiro atoms. The van der Waals surface area contributed by atoms with Crippen LogP contribution in [0.25, 0.3) is 6.08 Å². The van der Waals surface area contributed by atoms with Crippen LogP contribution in [-0.2, 0) is 29.8 Å². The average Bonchev–Trinajstić information content (AvgIpc) is 3.56. The number of rotatable bonds is 19. The van der Waals surface area contributed by atoms with Gasteiger partial charge in [-0.15, -0.1) is 0 Å². The number of aliphatic hydroxyl groups is 1. The molecular weight excluding hydrogens is 825 g/mol. The highest BCUT2D eigenvalue weighted by Crippen LogP contribution is 2.39. The zero-order valence-electron chi connectivity index (χ0n) is 39.1. The Balaban J connectivity index is 1.45. The minimum atomic E-state index is -2.92. The van der Waals surface area contributed by atoms with Gasteiger partial charge in [0.1, 0.15) is 29.3 Å². The van der Waals surface area contributed by atoms with Gasteiger partial charge in [0, 0.05) is 27.2 Å².